The van der Waals surface area contributed by atoms with Gasteiger partial charge in [0.1, 0.15) is 21.5 Å². The van der Waals surface area contributed by atoms with E-state index in [0.29, 0.717) is 19.4 Å². The second kappa shape index (κ2) is 6.50. The van der Waals surface area contributed by atoms with Gasteiger partial charge in [0, 0.05) is 24.6 Å². The molecule has 1 fully saturated rings. The van der Waals surface area contributed by atoms with Gasteiger partial charge in [-0.05, 0) is 12.8 Å². The summed E-state index contributed by atoms with van der Waals surface area (Å²) in [6, 6.07) is 2.02. The standard InChI is InChI=1S/C15H25N3O3S/c1-15(2,3)14-17-12(10-21-4)9-13(18-14)16-11-5-7-22(19,20)8-6-11/h9,11H,5-8,10H2,1-4H3,(H,16,17,18). The molecule has 1 aliphatic rings. The van der Waals surface area contributed by atoms with E-state index in [1.807, 2.05) is 6.07 Å². The van der Waals surface area contributed by atoms with Gasteiger partial charge in [-0.1, -0.05) is 20.8 Å². The summed E-state index contributed by atoms with van der Waals surface area (Å²) in [5.41, 5.74) is 0.671. The third kappa shape index (κ3) is 4.64. The van der Waals surface area contributed by atoms with Crippen LogP contribution in [0.4, 0.5) is 5.82 Å². The van der Waals surface area contributed by atoms with E-state index < -0.39 is 9.84 Å². The Morgan fingerprint density at radius 1 is 1.27 bits per heavy atom. The molecule has 1 aromatic rings. The van der Waals surface area contributed by atoms with Crippen LogP contribution in [0.3, 0.4) is 0 Å². The van der Waals surface area contributed by atoms with Crippen LogP contribution in [0.25, 0.3) is 0 Å². The predicted molar refractivity (Wildman–Crippen MR) is 86.7 cm³/mol. The summed E-state index contributed by atoms with van der Waals surface area (Å²) >= 11 is 0. The first-order valence-corrected chi connectivity index (χ1v) is 9.36. The number of aromatic nitrogens is 2. The van der Waals surface area contributed by atoms with Crippen molar-refractivity contribution in [2.45, 2.75) is 51.7 Å². The smallest absolute Gasteiger partial charge is 0.150 e. The lowest BCUT2D eigenvalue weighted by molar-refractivity contribution is 0.181. The van der Waals surface area contributed by atoms with Gasteiger partial charge in [-0.3, -0.25) is 0 Å². The minimum Gasteiger partial charge on any atom is -0.378 e. The molecule has 22 heavy (non-hydrogen) atoms. The molecule has 1 aliphatic heterocycles. The first-order valence-electron chi connectivity index (χ1n) is 7.54. The van der Waals surface area contributed by atoms with Gasteiger partial charge >= 0.3 is 0 Å². The Morgan fingerprint density at radius 2 is 1.91 bits per heavy atom. The normalized spacial score (nSPS) is 19.1. The maximum Gasteiger partial charge on any atom is 0.150 e. The number of ether oxygens (including phenoxy) is 1. The second-order valence-corrected chi connectivity index (χ2v) is 9.13. The van der Waals surface area contributed by atoms with Crippen LogP contribution < -0.4 is 5.32 Å². The Labute approximate surface area is 132 Å². The fraction of sp³-hybridized carbons (Fsp3) is 0.733. The first kappa shape index (κ1) is 17.1. The van der Waals surface area contributed by atoms with E-state index in [-0.39, 0.29) is 23.0 Å². The van der Waals surface area contributed by atoms with Gasteiger partial charge in [-0.2, -0.15) is 0 Å². The average Bonchev–Trinajstić information content (AvgIpc) is 2.40. The average molecular weight is 327 g/mol. The lowest BCUT2D eigenvalue weighted by Gasteiger charge is -2.25. The van der Waals surface area contributed by atoms with Crippen LogP contribution in [-0.4, -0.2) is 43.0 Å². The third-order valence-electron chi connectivity index (χ3n) is 3.65. The van der Waals surface area contributed by atoms with Crippen LogP contribution in [0.5, 0.6) is 0 Å². The van der Waals surface area contributed by atoms with Crippen LogP contribution >= 0.6 is 0 Å². The van der Waals surface area contributed by atoms with Crippen molar-refractivity contribution in [1.29, 1.82) is 0 Å². The van der Waals surface area contributed by atoms with Crippen molar-refractivity contribution < 1.29 is 13.2 Å². The van der Waals surface area contributed by atoms with Gasteiger partial charge in [0.15, 0.2) is 0 Å². The largest absolute Gasteiger partial charge is 0.378 e. The van der Waals surface area contributed by atoms with Crippen LogP contribution in [0.15, 0.2) is 6.07 Å². The number of sulfone groups is 1. The number of hydrogen-bond acceptors (Lipinski definition) is 6. The molecule has 7 heteroatoms. The van der Waals surface area contributed by atoms with Crippen LogP contribution in [0.1, 0.15) is 45.1 Å². The van der Waals surface area contributed by atoms with Gasteiger partial charge in [0.25, 0.3) is 0 Å². The van der Waals surface area contributed by atoms with Gasteiger partial charge in [-0.25, -0.2) is 18.4 Å². The van der Waals surface area contributed by atoms with Crippen LogP contribution in [0.2, 0.25) is 0 Å². The second-order valence-electron chi connectivity index (χ2n) is 6.82. The zero-order valence-electron chi connectivity index (χ0n) is 13.7. The Hall–Kier alpha value is -1.21. The summed E-state index contributed by atoms with van der Waals surface area (Å²) in [6.07, 6.45) is 1.24. The van der Waals surface area contributed by atoms with E-state index in [0.717, 1.165) is 17.3 Å². The molecule has 0 radical (unpaired) electrons. The SMILES string of the molecule is COCc1cc(NC2CCS(=O)(=O)CC2)nc(C(C)(C)C)n1. The monoisotopic (exact) mass is 327 g/mol. The predicted octanol–water partition coefficient (Wildman–Crippen LogP) is 1.91. The third-order valence-corrected chi connectivity index (χ3v) is 5.36. The van der Waals surface area contributed by atoms with E-state index in [1.54, 1.807) is 7.11 Å². The van der Waals surface area contributed by atoms with Crippen molar-refractivity contribution in [3.05, 3.63) is 17.6 Å². The molecule has 2 heterocycles. The molecule has 1 saturated heterocycles. The zero-order valence-corrected chi connectivity index (χ0v) is 14.5. The van der Waals surface area contributed by atoms with Crippen molar-refractivity contribution in [1.82, 2.24) is 9.97 Å². The summed E-state index contributed by atoms with van der Waals surface area (Å²) in [6.45, 7) is 6.63. The molecule has 1 aromatic heterocycles. The molecule has 0 atom stereocenters. The number of rotatable bonds is 4. The molecular weight excluding hydrogens is 302 g/mol. The fourth-order valence-electron chi connectivity index (χ4n) is 2.37. The van der Waals surface area contributed by atoms with Crippen LogP contribution in [0, 0.1) is 0 Å². The molecule has 2 rings (SSSR count). The summed E-state index contributed by atoms with van der Waals surface area (Å²) in [5.74, 6) is 1.99. The molecule has 0 unspecified atom stereocenters. The molecule has 1 N–H and O–H groups in total. The molecule has 0 bridgehead atoms. The quantitative estimate of drug-likeness (QED) is 0.910. The number of anilines is 1. The van der Waals surface area contributed by atoms with E-state index in [1.165, 1.54) is 0 Å². The Kier molecular flexibility index (Phi) is 5.07. The highest BCUT2D eigenvalue weighted by Gasteiger charge is 2.25. The molecule has 0 saturated carbocycles. The van der Waals surface area contributed by atoms with Gasteiger partial charge in [0.05, 0.1) is 23.8 Å². The van der Waals surface area contributed by atoms with E-state index in [4.69, 9.17) is 4.74 Å². The molecular formula is C15H25N3O3S. The first-order chi connectivity index (χ1) is 10.2. The highest BCUT2D eigenvalue weighted by Crippen LogP contribution is 2.22. The lowest BCUT2D eigenvalue weighted by Crippen LogP contribution is -2.32. The van der Waals surface area contributed by atoms with Crippen molar-refractivity contribution in [2.75, 3.05) is 23.9 Å². The number of nitrogens with one attached hydrogen (secondary N) is 1. The molecule has 0 aromatic carbocycles. The molecule has 0 amide bonds. The van der Waals surface area contributed by atoms with Gasteiger partial charge < -0.3 is 10.1 Å². The van der Waals surface area contributed by atoms with E-state index in [2.05, 4.69) is 36.1 Å². The van der Waals surface area contributed by atoms with Crippen LogP contribution in [-0.2, 0) is 26.6 Å². The zero-order chi connectivity index (χ0) is 16.4. The van der Waals surface area contributed by atoms with Crippen molar-refractivity contribution in [3.63, 3.8) is 0 Å². The fourth-order valence-corrected chi connectivity index (χ4v) is 3.86. The van der Waals surface area contributed by atoms with Crippen molar-refractivity contribution in [3.8, 4) is 0 Å². The van der Waals surface area contributed by atoms with Gasteiger partial charge in [-0.15, -0.1) is 0 Å². The molecule has 124 valence electrons. The maximum atomic E-state index is 11.5. The molecule has 0 aliphatic carbocycles. The molecule has 6 nitrogen and oxygen atoms in total. The summed E-state index contributed by atoms with van der Waals surface area (Å²) in [5, 5.41) is 3.36. The highest BCUT2D eigenvalue weighted by atomic mass is 32.2. The number of hydrogen-bond donors (Lipinski definition) is 1. The summed E-state index contributed by atoms with van der Waals surface area (Å²) in [7, 11) is -1.21. The Morgan fingerprint density at radius 3 is 2.45 bits per heavy atom. The minimum atomic E-state index is -2.85. The summed E-state index contributed by atoms with van der Waals surface area (Å²) < 4.78 is 28.2. The lowest BCUT2D eigenvalue weighted by atomic mass is 9.95. The van der Waals surface area contributed by atoms with Gasteiger partial charge in [0.2, 0.25) is 0 Å². The summed E-state index contributed by atoms with van der Waals surface area (Å²) in [4.78, 5) is 9.13. The van der Waals surface area contributed by atoms with E-state index >= 15 is 0 Å². The number of nitrogens with zero attached hydrogens (tertiary/aromatic N) is 2. The Bertz CT molecular complexity index is 609. The van der Waals surface area contributed by atoms with Crippen molar-refractivity contribution in [2.24, 2.45) is 0 Å². The maximum absolute atomic E-state index is 11.5. The highest BCUT2D eigenvalue weighted by molar-refractivity contribution is 7.91. The Balaban J connectivity index is 2.17. The number of methoxy groups -OCH3 is 1. The van der Waals surface area contributed by atoms with E-state index in [9.17, 15) is 8.42 Å². The minimum absolute atomic E-state index is 0.140. The molecule has 0 spiro atoms. The topological polar surface area (TPSA) is 81.2 Å². The van der Waals surface area contributed by atoms with Crippen molar-refractivity contribution >= 4 is 15.7 Å².